The molecule has 2 unspecified atom stereocenters. The summed E-state index contributed by atoms with van der Waals surface area (Å²) in [7, 11) is 12.8. The van der Waals surface area contributed by atoms with Crippen molar-refractivity contribution in [2.75, 3.05) is 67.5 Å². The molecule has 2 amide bonds. The zero-order valence-electron chi connectivity index (χ0n) is 15.8. The maximum atomic E-state index is 11.7. The van der Waals surface area contributed by atoms with Gasteiger partial charge in [0.15, 0.2) is 10.7 Å². The molecule has 2 aliphatic heterocycles. The third-order valence-corrected chi connectivity index (χ3v) is 9.03. The fourth-order valence-electron chi connectivity index (χ4n) is 3.04. The van der Waals surface area contributed by atoms with Gasteiger partial charge in [-0.05, 0) is 21.6 Å². The van der Waals surface area contributed by atoms with E-state index in [2.05, 4.69) is 28.2 Å². The van der Waals surface area contributed by atoms with Gasteiger partial charge in [-0.15, -0.1) is 0 Å². The van der Waals surface area contributed by atoms with Crippen molar-refractivity contribution in [3.8, 4) is 0 Å². The molecule has 0 N–H and O–H groups in total. The maximum absolute atomic E-state index is 11.7. The Labute approximate surface area is 154 Å². The molecule has 24 heavy (non-hydrogen) atoms. The van der Waals surface area contributed by atoms with E-state index in [0.717, 1.165) is 48.2 Å². The van der Waals surface area contributed by atoms with Crippen LogP contribution in [0.1, 0.15) is 13.8 Å². The minimum absolute atomic E-state index is 0.168. The Kier molecular flexibility index (Phi) is 6.16. The number of carbonyl (C=O) groups is 2. The fraction of sp³-hybridized carbons (Fsp3) is 0.875. The van der Waals surface area contributed by atoms with Crippen molar-refractivity contribution in [1.29, 1.82) is 0 Å². The van der Waals surface area contributed by atoms with Gasteiger partial charge in [-0.25, -0.2) is 0 Å². The molecule has 2 atom stereocenters. The van der Waals surface area contributed by atoms with E-state index in [0.29, 0.717) is 10.7 Å². The average molecular weight is 377 g/mol. The van der Waals surface area contributed by atoms with Gasteiger partial charge in [0, 0.05) is 13.8 Å². The van der Waals surface area contributed by atoms with Crippen LogP contribution in [0.15, 0.2) is 0 Å². The third-order valence-electron chi connectivity index (χ3n) is 5.37. The van der Waals surface area contributed by atoms with Crippen LogP contribution in [0, 0.1) is 0 Å². The summed E-state index contributed by atoms with van der Waals surface area (Å²) in [5.74, 6) is 0.337. The number of rotatable bonds is 3. The van der Waals surface area contributed by atoms with E-state index >= 15 is 0 Å². The van der Waals surface area contributed by atoms with Crippen molar-refractivity contribution in [2.45, 2.75) is 24.6 Å². The summed E-state index contributed by atoms with van der Waals surface area (Å²) in [5, 5.41) is 0.723. The van der Waals surface area contributed by atoms with Crippen LogP contribution < -0.4 is 0 Å². The standard InChI is InChI=1S/C16H32N4O2S2/c1-13(21)17-7-9-19(3,4)15(11-17)23-24-16-12-18(14(2)22)8-10-20(16,5)6/h15-16H,7-12H2,1-6H3/q+2. The highest BCUT2D eigenvalue weighted by Crippen LogP contribution is 2.40. The van der Waals surface area contributed by atoms with Gasteiger partial charge in [0.05, 0.1) is 67.5 Å². The van der Waals surface area contributed by atoms with Crippen LogP contribution >= 0.6 is 21.6 Å². The van der Waals surface area contributed by atoms with E-state index in [4.69, 9.17) is 0 Å². The number of hydrogen-bond acceptors (Lipinski definition) is 4. The van der Waals surface area contributed by atoms with Gasteiger partial charge < -0.3 is 18.8 Å². The fourth-order valence-corrected chi connectivity index (χ4v) is 6.99. The van der Waals surface area contributed by atoms with Crippen molar-refractivity contribution in [1.82, 2.24) is 9.80 Å². The Morgan fingerprint density at radius 1 is 0.792 bits per heavy atom. The Morgan fingerprint density at radius 3 is 1.42 bits per heavy atom. The zero-order chi connectivity index (χ0) is 18.1. The molecular formula is C16H32N4O2S2+2. The Morgan fingerprint density at radius 2 is 1.12 bits per heavy atom. The highest BCUT2D eigenvalue weighted by Gasteiger charge is 2.41. The molecule has 0 aromatic rings. The predicted molar refractivity (Wildman–Crippen MR) is 101 cm³/mol. The quantitative estimate of drug-likeness (QED) is 0.542. The van der Waals surface area contributed by atoms with E-state index in [9.17, 15) is 9.59 Å². The minimum Gasteiger partial charge on any atom is -0.330 e. The van der Waals surface area contributed by atoms with Crippen molar-refractivity contribution in [3.05, 3.63) is 0 Å². The van der Waals surface area contributed by atoms with Crippen LogP contribution in [0.3, 0.4) is 0 Å². The van der Waals surface area contributed by atoms with Gasteiger partial charge >= 0.3 is 0 Å². The second-order valence-corrected chi connectivity index (χ2v) is 10.7. The molecule has 0 bridgehead atoms. The van der Waals surface area contributed by atoms with Gasteiger partial charge in [0.1, 0.15) is 0 Å². The molecule has 138 valence electrons. The lowest BCUT2D eigenvalue weighted by Gasteiger charge is -2.47. The molecule has 2 rings (SSSR count). The SMILES string of the molecule is CC(=O)N1CC[N+](C)(C)C(SSC2CN(C(C)=O)CC[N+]2(C)C)C1. The lowest BCUT2D eigenvalue weighted by atomic mass is 10.3. The lowest BCUT2D eigenvalue weighted by molar-refractivity contribution is -0.905. The molecule has 0 aromatic heterocycles. The monoisotopic (exact) mass is 376 g/mol. The molecule has 6 nitrogen and oxygen atoms in total. The summed E-state index contributed by atoms with van der Waals surface area (Å²) in [5.41, 5.74) is 0. The number of piperazine rings is 2. The largest absolute Gasteiger partial charge is 0.330 e. The zero-order valence-corrected chi connectivity index (χ0v) is 17.5. The molecular weight excluding hydrogens is 344 g/mol. The van der Waals surface area contributed by atoms with E-state index in [1.54, 1.807) is 13.8 Å². The maximum Gasteiger partial charge on any atom is 0.219 e. The number of likely N-dealkylation sites (N-methyl/N-ethyl adjacent to an activating group) is 2. The first kappa shape index (κ1) is 19.9. The highest BCUT2D eigenvalue weighted by molar-refractivity contribution is 8.77. The molecule has 0 aliphatic carbocycles. The van der Waals surface area contributed by atoms with E-state index < -0.39 is 0 Å². The lowest BCUT2D eigenvalue weighted by Crippen LogP contribution is -2.62. The number of carbonyl (C=O) groups excluding carboxylic acids is 2. The van der Waals surface area contributed by atoms with Gasteiger partial charge in [-0.2, -0.15) is 0 Å². The van der Waals surface area contributed by atoms with Gasteiger partial charge in [0.2, 0.25) is 11.8 Å². The van der Waals surface area contributed by atoms with Gasteiger partial charge in [0.25, 0.3) is 0 Å². The summed E-state index contributed by atoms with van der Waals surface area (Å²) in [6.45, 7) is 8.58. The number of quaternary nitrogens is 2. The van der Waals surface area contributed by atoms with Crippen molar-refractivity contribution < 1.29 is 18.6 Å². The van der Waals surface area contributed by atoms with E-state index in [1.165, 1.54) is 0 Å². The molecule has 8 heteroatoms. The topological polar surface area (TPSA) is 40.6 Å². The molecule has 0 radical (unpaired) electrons. The normalized spacial score (nSPS) is 29.4. The van der Waals surface area contributed by atoms with Gasteiger partial charge in [-0.3, -0.25) is 9.59 Å². The smallest absolute Gasteiger partial charge is 0.219 e. The van der Waals surface area contributed by atoms with Crippen LogP contribution in [0.2, 0.25) is 0 Å². The first-order chi connectivity index (χ1) is 11.0. The van der Waals surface area contributed by atoms with E-state index in [-0.39, 0.29) is 11.8 Å². The van der Waals surface area contributed by atoms with Crippen LogP contribution in [0.5, 0.6) is 0 Å². The highest BCUT2D eigenvalue weighted by atomic mass is 33.1. The summed E-state index contributed by atoms with van der Waals surface area (Å²) in [6, 6.07) is 0. The first-order valence-corrected chi connectivity index (χ1v) is 10.8. The Balaban J connectivity index is 2.00. The predicted octanol–water partition coefficient (Wildman–Crippen LogP) is 0.897. The Hall–Kier alpha value is -0.440. The second-order valence-electron chi connectivity index (χ2n) is 8.04. The molecule has 0 aromatic carbocycles. The van der Waals surface area contributed by atoms with Crippen LogP contribution in [0.4, 0.5) is 0 Å². The van der Waals surface area contributed by atoms with Crippen LogP contribution in [-0.4, -0.2) is 109 Å². The molecule has 2 aliphatic rings. The Bertz CT molecular complexity index is 454. The molecule has 2 heterocycles. The summed E-state index contributed by atoms with van der Waals surface area (Å²) < 4.78 is 1.86. The molecule has 0 spiro atoms. The van der Waals surface area contributed by atoms with Gasteiger partial charge in [-0.1, -0.05) is 0 Å². The number of amides is 2. The number of hydrogen-bond donors (Lipinski definition) is 0. The minimum atomic E-state index is 0.168. The molecule has 2 saturated heterocycles. The van der Waals surface area contributed by atoms with Crippen molar-refractivity contribution in [2.24, 2.45) is 0 Å². The van der Waals surface area contributed by atoms with Crippen LogP contribution in [0.25, 0.3) is 0 Å². The summed E-state index contributed by atoms with van der Waals surface area (Å²) in [4.78, 5) is 27.4. The van der Waals surface area contributed by atoms with Crippen molar-refractivity contribution in [3.63, 3.8) is 0 Å². The second kappa shape index (κ2) is 7.43. The summed E-state index contributed by atoms with van der Waals surface area (Å²) >= 11 is 0. The number of nitrogens with zero attached hydrogens (tertiary/aromatic N) is 4. The first-order valence-electron chi connectivity index (χ1n) is 8.51. The third kappa shape index (κ3) is 4.59. The summed E-state index contributed by atoms with van der Waals surface area (Å²) in [6.07, 6.45) is 0. The van der Waals surface area contributed by atoms with Crippen LogP contribution in [-0.2, 0) is 9.59 Å². The molecule has 0 saturated carbocycles. The molecule has 2 fully saturated rings. The van der Waals surface area contributed by atoms with Crippen molar-refractivity contribution >= 4 is 33.4 Å². The average Bonchev–Trinajstić information content (AvgIpc) is 2.46. The van der Waals surface area contributed by atoms with E-state index in [1.807, 2.05) is 31.4 Å².